The molecule has 3 saturated carbocycles. The zero-order valence-corrected chi connectivity index (χ0v) is 28.2. The van der Waals surface area contributed by atoms with Gasteiger partial charge in [-0.05, 0) is 117 Å². The van der Waals surface area contributed by atoms with Gasteiger partial charge in [-0.15, -0.1) is 0 Å². The zero-order chi connectivity index (χ0) is 32.7. The van der Waals surface area contributed by atoms with Crippen LogP contribution in [0.25, 0.3) is 0 Å². The maximum atomic E-state index is 12.9. The van der Waals surface area contributed by atoms with Crippen LogP contribution in [-0.4, -0.2) is 36.1 Å². The van der Waals surface area contributed by atoms with Crippen LogP contribution in [0.4, 0.5) is 0 Å². The third kappa shape index (κ3) is 6.68. The molecule has 248 valence electrons. The first-order valence-corrected chi connectivity index (χ1v) is 18.2. The fourth-order valence-electron chi connectivity index (χ4n) is 10.2. The van der Waals surface area contributed by atoms with Crippen LogP contribution >= 0.6 is 0 Å². The van der Waals surface area contributed by atoms with E-state index in [1.165, 1.54) is 12.8 Å². The summed E-state index contributed by atoms with van der Waals surface area (Å²) in [4.78, 5) is 24.7. The molecular formula is C36H51NO7S. The number of hydrogen-bond acceptors (Lipinski definition) is 5. The summed E-state index contributed by atoms with van der Waals surface area (Å²) < 4.78 is 37.4. The molecule has 3 N–H and O–H groups in total. The molecule has 0 heterocycles. The molecule has 1 unspecified atom stereocenters. The average Bonchev–Trinajstić information content (AvgIpc) is 3.34. The summed E-state index contributed by atoms with van der Waals surface area (Å²) in [5.74, 6) is 0.619. The van der Waals surface area contributed by atoms with E-state index < -0.39 is 28.5 Å². The average molecular weight is 642 g/mol. The highest BCUT2D eigenvalue weighted by atomic mass is 32.3. The van der Waals surface area contributed by atoms with Crippen LogP contribution in [0.5, 0.6) is 0 Å². The van der Waals surface area contributed by atoms with E-state index >= 15 is 0 Å². The Labute approximate surface area is 269 Å². The van der Waals surface area contributed by atoms with Crippen molar-refractivity contribution in [2.24, 2.45) is 40.4 Å². The van der Waals surface area contributed by atoms with Crippen LogP contribution in [0, 0.1) is 40.4 Å². The minimum absolute atomic E-state index is 0.0776. The molecule has 8 nitrogen and oxygen atoms in total. The van der Waals surface area contributed by atoms with Crippen LogP contribution in [0.2, 0.25) is 0 Å². The third-order valence-corrected chi connectivity index (χ3v) is 13.0. The Morgan fingerprint density at radius 1 is 1.09 bits per heavy atom. The highest BCUT2D eigenvalue weighted by Gasteiger charge is 2.57. The predicted molar refractivity (Wildman–Crippen MR) is 173 cm³/mol. The fraction of sp³-hybridized carbons (Fsp3) is 0.667. The largest absolute Gasteiger partial charge is 0.479 e. The molecule has 9 atom stereocenters. The molecule has 9 heteroatoms. The molecule has 5 rings (SSSR count). The van der Waals surface area contributed by atoms with Crippen molar-refractivity contribution in [1.82, 2.24) is 5.32 Å². The number of nitrogens with one attached hydrogen (secondary N) is 1. The molecule has 1 aromatic carbocycles. The Kier molecular flexibility index (Phi) is 9.75. The SMILES string of the molecule is C/C(=C\CC[C@@H](C)[C@H]1CCC2=C3CCC4[C@H](C)[C@@H](OS(=O)(=O)O)CC[C@]4(C)[C@H]3CC[C@@]21C)C(=O)N[C@H](C(=O)O)c1ccccc1. The van der Waals surface area contributed by atoms with Crippen molar-refractivity contribution in [2.45, 2.75) is 111 Å². The van der Waals surface area contributed by atoms with Crippen molar-refractivity contribution >= 4 is 22.3 Å². The van der Waals surface area contributed by atoms with Gasteiger partial charge < -0.3 is 10.4 Å². The second-order valence-corrected chi connectivity index (χ2v) is 15.9. The van der Waals surface area contributed by atoms with Gasteiger partial charge in [0.1, 0.15) is 0 Å². The van der Waals surface area contributed by atoms with Crippen LogP contribution in [-0.2, 0) is 24.2 Å². The van der Waals surface area contributed by atoms with E-state index in [2.05, 4.69) is 33.0 Å². The summed E-state index contributed by atoms with van der Waals surface area (Å²) in [6, 6.07) is 7.68. The van der Waals surface area contributed by atoms with E-state index in [9.17, 15) is 27.7 Å². The van der Waals surface area contributed by atoms with Crippen LogP contribution in [0.1, 0.15) is 110 Å². The lowest BCUT2D eigenvalue weighted by atomic mass is 9.47. The van der Waals surface area contributed by atoms with E-state index in [-0.39, 0.29) is 22.7 Å². The van der Waals surface area contributed by atoms with E-state index in [1.807, 2.05) is 12.1 Å². The molecule has 1 amide bonds. The molecule has 4 aliphatic rings. The van der Waals surface area contributed by atoms with E-state index in [0.29, 0.717) is 41.2 Å². The zero-order valence-electron chi connectivity index (χ0n) is 27.4. The van der Waals surface area contributed by atoms with Gasteiger partial charge in [0.15, 0.2) is 6.04 Å². The summed E-state index contributed by atoms with van der Waals surface area (Å²) in [6.45, 7) is 11.1. The van der Waals surface area contributed by atoms with Gasteiger partial charge in [0.05, 0.1) is 6.10 Å². The first-order chi connectivity index (χ1) is 21.2. The summed E-state index contributed by atoms with van der Waals surface area (Å²) in [5, 5.41) is 12.4. The van der Waals surface area contributed by atoms with Crippen molar-refractivity contribution in [3.05, 3.63) is 58.7 Å². The lowest BCUT2D eigenvalue weighted by molar-refractivity contribution is -0.141. The number of allylic oxidation sites excluding steroid dienone is 3. The molecule has 45 heavy (non-hydrogen) atoms. The molecule has 3 fully saturated rings. The van der Waals surface area contributed by atoms with Gasteiger partial charge in [-0.2, -0.15) is 8.42 Å². The quantitative estimate of drug-likeness (QED) is 0.137. The van der Waals surface area contributed by atoms with Gasteiger partial charge in [0, 0.05) is 5.57 Å². The molecule has 0 aromatic heterocycles. The summed E-state index contributed by atoms with van der Waals surface area (Å²) >= 11 is 0. The monoisotopic (exact) mass is 641 g/mol. The van der Waals surface area contributed by atoms with Crippen LogP contribution in [0.15, 0.2) is 53.1 Å². The number of fused-ring (bicyclic) bond motifs is 4. The second-order valence-electron chi connectivity index (χ2n) is 14.9. The normalized spacial score (nSPS) is 34.7. The lowest BCUT2D eigenvalue weighted by Gasteiger charge is -2.58. The molecule has 0 radical (unpaired) electrons. The Morgan fingerprint density at radius 2 is 1.80 bits per heavy atom. The van der Waals surface area contributed by atoms with Gasteiger partial charge in [0.2, 0.25) is 5.91 Å². The lowest BCUT2D eigenvalue weighted by Crippen LogP contribution is -2.52. The minimum Gasteiger partial charge on any atom is -0.479 e. The highest BCUT2D eigenvalue weighted by Crippen LogP contribution is 2.66. The van der Waals surface area contributed by atoms with Gasteiger partial charge >= 0.3 is 16.4 Å². The van der Waals surface area contributed by atoms with Gasteiger partial charge in [-0.3, -0.25) is 9.35 Å². The smallest absolute Gasteiger partial charge is 0.397 e. The standard InChI is InChI=1S/C36H51NO7S/c1-22(10-9-11-23(2)33(38)37-32(34(39)40)25-12-7-6-8-13-25)27-16-17-29-26-14-15-28-24(3)31(44-45(41,42)43)19-21-36(28,5)30(26)18-20-35(27,29)4/h6-8,11-13,22,24,27-28,30-32H,9-10,14-21H2,1-5H3,(H,37,38)(H,39,40)(H,41,42,43)/b23-11+/t22-,24+,27-,28?,30+,31+,32+,35-,36+/m1/s1. The van der Waals surface area contributed by atoms with Crippen LogP contribution in [0.3, 0.4) is 0 Å². The number of aliphatic carboxylic acids is 1. The second kappa shape index (κ2) is 13.0. The van der Waals surface area contributed by atoms with Gasteiger partial charge in [-0.1, -0.05) is 75.2 Å². The Balaban J connectivity index is 1.22. The molecular weight excluding hydrogens is 590 g/mol. The van der Waals surface area contributed by atoms with E-state index in [1.54, 1.807) is 42.3 Å². The van der Waals surface area contributed by atoms with Gasteiger partial charge in [0.25, 0.3) is 0 Å². The highest BCUT2D eigenvalue weighted by molar-refractivity contribution is 7.80. The number of hydrogen-bond donors (Lipinski definition) is 3. The Morgan fingerprint density at radius 3 is 2.47 bits per heavy atom. The number of amides is 1. The van der Waals surface area contributed by atoms with Crippen LogP contribution < -0.4 is 5.32 Å². The number of rotatable bonds is 10. The van der Waals surface area contributed by atoms with Crippen molar-refractivity contribution in [2.75, 3.05) is 0 Å². The first-order valence-electron chi connectivity index (χ1n) is 16.8. The molecule has 0 spiro atoms. The minimum atomic E-state index is -4.46. The van der Waals surface area contributed by atoms with E-state index in [0.717, 1.165) is 44.9 Å². The van der Waals surface area contributed by atoms with Crippen molar-refractivity contribution < 1.29 is 31.8 Å². The maximum Gasteiger partial charge on any atom is 0.397 e. The molecule has 1 aromatic rings. The number of carbonyl (C=O) groups excluding carboxylic acids is 1. The molecule has 4 aliphatic carbocycles. The predicted octanol–water partition coefficient (Wildman–Crippen LogP) is 7.45. The van der Waals surface area contributed by atoms with E-state index in [4.69, 9.17) is 4.18 Å². The molecule has 0 aliphatic heterocycles. The van der Waals surface area contributed by atoms with Crippen molar-refractivity contribution in [1.29, 1.82) is 0 Å². The maximum absolute atomic E-state index is 12.9. The number of carbonyl (C=O) groups is 2. The third-order valence-electron chi connectivity index (χ3n) is 12.5. The summed E-state index contributed by atoms with van der Waals surface area (Å²) in [6.07, 6.45) is 11.6. The Hall–Kier alpha value is -2.49. The molecule has 0 bridgehead atoms. The van der Waals surface area contributed by atoms with Gasteiger partial charge in [-0.25, -0.2) is 8.98 Å². The summed E-state index contributed by atoms with van der Waals surface area (Å²) in [7, 11) is -4.46. The number of carboxylic acids is 1. The Bertz CT molecular complexity index is 1450. The molecule has 0 saturated heterocycles. The van der Waals surface area contributed by atoms with Crippen molar-refractivity contribution in [3.8, 4) is 0 Å². The number of carboxylic acid groups (broad SMARTS) is 1. The topological polar surface area (TPSA) is 130 Å². The fourth-order valence-corrected chi connectivity index (χ4v) is 10.8. The van der Waals surface area contributed by atoms with Crippen molar-refractivity contribution in [3.63, 3.8) is 0 Å². The first kappa shape index (κ1) is 33.9. The number of benzene rings is 1. The summed E-state index contributed by atoms with van der Waals surface area (Å²) in [5.41, 5.74) is 4.76.